The summed E-state index contributed by atoms with van der Waals surface area (Å²) in [6, 6.07) is 5.91. The number of hydrogen-bond donors (Lipinski definition) is 2. The summed E-state index contributed by atoms with van der Waals surface area (Å²) in [6.45, 7) is 0. The van der Waals surface area contributed by atoms with E-state index in [2.05, 4.69) is 25.3 Å². The molecule has 1 aliphatic rings. The summed E-state index contributed by atoms with van der Waals surface area (Å²) in [7, 11) is 0. The molecule has 0 aliphatic heterocycles. The molecule has 8 nitrogen and oxygen atoms in total. The molecule has 1 aromatic carbocycles. The fraction of sp³-hybridized carbons (Fsp3) is 0.316. The molecule has 1 saturated carbocycles. The number of nitrogens with one attached hydrogen (secondary N) is 1. The van der Waals surface area contributed by atoms with E-state index in [1.54, 1.807) is 18.5 Å². The van der Waals surface area contributed by atoms with E-state index in [0.717, 1.165) is 36.7 Å². The van der Waals surface area contributed by atoms with Crippen molar-refractivity contribution in [3.05, 3.63) is 42.5 Å². The van der Waals surface area contributed by atoms with Crippen molar-refractivity contribution in [2.75, 3.05) is 11.1 Å². The Morgan fingerprint density at radius 3 is 2.52 bits per heavy atom. The molecule has 0 saturated heterocycles. The summed E-state index contributed by atoms with van der Waals surface area (Å²) in [4.78, 5) is 17.0. The zero-order chi connectivity index (χ0) is 18.6. The second-order valence-corrected chi connectivity index (χ2v) is 6.59. The van der Waals surface area contributed by atoms with Crippen LogP contribution in [0, 0.1) is 11.3 Å². The van der Waals surface area contributed by atoms with Gasteiger partial charge in [0.2, 0.25) is 5.95 Å². The number of rotatable bonds is 4. The minimum atomic E-state index is 0.108. The number of nitrogens with two attached hydrogens (primary N) is 1. The van der Waals surface area contributed by atoms with Crippen molar-refractivity contribution in [3.63, 3.8) is 0 Å². The number of aromatic nitrogens is 4. The molecular weight excluding hydrogens is 342 g/mol. The minimum absolute atomic E-state index is 0.108. The van der Waals surface area contributed by atoms with Gasteiger partial charge in [0, 0.05) is 30.2 Å². The van der Waals surface area contributed by atoms with Crippen molar-refractivity contribution in [2.24, 2.45) is 0 Å². The number of fused-ring (bicyclic) bond motifs is 1. The lowest BCUT2D eigenvalue weighted by atomic mass is 9.93. The predicted octanol–water partition coefficient (Wildman–Crippen LogP) is 2.68. The number of hydrogen-bond acceptors (Lipinski definition) is 8. The molecule has 27 heavy (non-hydrogen) atoms. The molecule has 136 valence electrons. The lowest BCUT2D eigenvalue weighted by molar-refractivity contribution is 0.152. The van der Waals surface area contributed by atoms with Gasteiger partial charge >= 0.3 is 0 Å². The second-order valence-electron chi connectivity index (χ2n) is 6.59. The zero-order valence-electron chi connectivity index (χ0n) is 14.7. The third-order valence-corrected chi connectivity index (χ3v) is 4.64. The van der Waals surface area contributed by atoms with Crippen LogP contribution in [-0.4, -0.2) is 32.1 Å². The molecule has 2 heterocycles. The highest BCUT2D eigenvalue weighted by molar-refractivity contribution is 5.84. The molecule has 0 amide bonds. The smallest absolute Gasteiger partial charge is 0.222 e. The van der Waals surface area contributed by atoms with Gasteiger partial charge in [-0.15, -0.1) is 0 Å². The van der Waals surface area contributed by atoms with Gasteiger partial charge in [0.1, 0.15) is 17.3 Å². The summed E-state index contributed by atoms with van der Waals surface area (Å²) >= 11 is 0. The van der Waals surface area contributed by atoms with Crippen LogP contribution in [0.2, 0.25) is 0 Å². The van der Waals surface area contributed by atoms with Crippen LogP contribution in [0.4, 0.5) is 11.6 Å². The zero-order valence-corrected chi connectivity index (χ0v) is 14.7. The molecule has 2 aromatic heterocycles. The molecule has 8 heteroatoms. The highest BCUT2D eigenvalue weighted by Gasteiger charge is 2.24. The van der Waals surface area contributed by atoms with Gasteiger partial charge in [-0.05, 0) is 31.7 Å². The molecule has 1 aliphatic carbocycles. The molecule has 3 N–H and O–H groups in total. The topological polar surface area (TPSA) is 123 Å². The Hall–Kier alpha value is -3.47. The van der Waals surface area contributed by atoms with Crippen molar-refractivity contribution >= 4 is 22.7 Å². The SMILES string of the molecule is N#Cc1cnc(NC2CCC(Oc3cc(N)cc4nccnc34)CC2)nc1. The van der Waals surface area contributed by atoms with Gasteiger partial charge in [0.05, 0.1) is 29.6 Å². The Labute approximate surface area is 156 Å². The summed E-state index contributed by atoms with van der Waals surface area (Å²) in [5.74, 6) is 1.24. The Balaban J connectivity index is 1.38. The maximum atomic E-state index is 8.80. The van der Waals surface area contributed by atoms with Gasteiger partial charge < -0.3 is 15.8 Å². The van der Waals surface area contributed by atoms with Crippen LogP contribution in [0.15, 0.2) is 36.9 Å². The van der Waals surface area contributed by atoms with Crippen LogP contribution < -0.4 is 15.8 Å². The molecular formula is C19H19N7O. The molecule has 0 bridgehead atoms. The molecule has 0 radical (unpaired) electrons. The van der Waals surface area contributed by atoms with Gasteiger partial charge in [-0.25, -0.2) is 15.0 Å². The maximum absolute atomic E-state index is 8.80. The minimum Gasteiger partial charge on any atom is -0.488 e. The number of nitrogens with zero attached hydrogens (tertiary/aromatic N) is 5. The van der Waals surface area contributed by atoms with Gasteiger partial charge in [0.25, 0.3) is 0 Å². The van der Waals surface area contributed by atoms with E-state index in [0.29, 0.717) is 22.9 Å². The highest BCUT2D eigenvalue weighted by Crippen LogP contribution is 2.30. The van der Waals surface area contributed by atoms with Gasteiger partial charge in [0.15, 0.2) is 0 Å². The molecule has 0 atom stereocenters. The predicted molar refractivity (Wildman–Crippen MR) is 101 cm³/mol. The van der Waals surface area contributed by atoms with E-state index in [9.17, 15) is 0 Å². The summed E-state index contributed by atoms with van der Waals surface area (Å²) in [5, 5.41) is 12.1. The monoisotopic (exact) mass is 361 g/mol. The van der Waals surface area contributed by atoms with E-state index < -0.39 is 0 Å². The van der Waals surface area contributed by atoms with Crippen LogP contribution >= 0.6 is 0 Å². The number of ether oxygens (including phenoxy) is 1. The molecule has 3 aromatic rings. The lowest BCUT2D eigenvalue weighted by Gasteiger charge is -2.29. The van der Waals surface area contributed by atoms with E-state index in [1.807, 2.05) is 12.1 Å². The number of benzene rings is 1. The quantitative estimate of drug-likeness (QED) is 0.680. The third-order valence-electron chi connectivity index (χ3n) is 4.64. The number of nitriles is 1. The van der Waals surface area contributed by atoms with Gasteiger partial charge in [-0.3, -0.25) is 4.98 Å². The van der Waals surface area contributed by atoms with Crippen molar-refractivity contribution < 1.29 is 4.74 Å². The first kappa shape index (κ1) is 17.0. The Bertz CT molecular complexity index is 976. The van der Waals surface area contributed by atoms with E-state index in [4.69, 9.17) is 15.7 Å². The molecule has 0 spiro atoms. The largest absolute Gasteiger partial charge is 0.488 e. The molecule has 4 rings (SSSR count). The lowest BCUT2D eigenvalue weighted by Crippen LogP contribution is -2.31. The fourth-order valence-corrected chi connectivity index (χ4v) is 3.30. The first-order chi connectivity index (χ1) is 13.2. The third kappa shape index (κ3) is 3.87. The summed E-state index contributed by atoms with van der Waals surface area (Å²) in [6.07, 6.45) is 10.2. The summed E-state index contributed by atoms with van der Waals surface area (Å²) in [5.41, 5.74) is 8.51. The number of anilines is 2. The van der Waals surface area contributed by atoms with E-state index in [-0.39, 0.29) is 12.1 Å². The van der Waals surface area contributed by atoms with Crippen LogP contribution in [-0.2, 0) is 0 Å². The van der Waals surface area contributed by atoms with Crippen LogP contribution in [0.1, 0.15) is 31.2 Å². The Morgan fingerprint density at radius 2 is 1.78 bits per heavy atom. The first-order valence-electron chi connectivity index (χ1n) is 8.87. The standard InChI is InChI=1S/C19H19N7O/c20-9-12-10-24-19(25-11-12)26-14-1-3-15(4-2-14)27-17-8-13(21)7-16-18(17)23-6-5-22-16/h5-8,10-11,14-15H,1-4,21H2,(H,24,25,26). The van der Waals surface area contributed by atoms with E-state index in [1.165, 1.54) is 12.4 Å². The van der Waals surface area contributed by atoms with Crippen molar-refractivity contribution in [3.8, 4) is 11.8 Å². The van der Waals surface area contributed by atoms with Crippen LogP contribution in [0.3, 0.4) is 0 Å². The molecule has 1 fully saturated rings. The first-order valence-corrected chi connectivity index (χ1v) is 8.87. The second kappa shape index (κ2) is 7.41. The highest BCUT2D eigenvalue weighted by atomic mass is 16.5. The Morgan fingerprint density at radius 1 is 1.04 bits per heavy atom. The average molecular weight is 361 g/mol. The van der Waals surface area contributed by atoms with Crippen LogP contribution in [0.25, 0.3) is 11.0 Å². The van der Waals surface area contributed by atoms with Gasteiger partial charge in [-0.2, -0.15) is 5.26 Å². The van der Waals surface area contributed by atoms with Gasteiger partial charge in [-0.1, -0.05) is 0 Å². The van der Waals surface area contributed by atoms with Crippen molar-refractivity contribution in [2.45, 2.75) is 37.8 Å². The maximum Gasteiger partial charge on any atom is 0.222 e. The fourth-order valence-electron chi connectivity index (χ4n) is 3.30. The average Bonchev–Trinajstić information content (AvgIpc) is 2.70. The number of nitrogen functional groups attached to an aromatic ring is 1. The molecule has 0 unspecified atom stereocenters. The van der Waals surface area contributed by atoms with Crippen molar-refractivity contribution in [1.29, 1.82) is 5.26 Å². The Kier molecular flexibility index (Phi) is 4.66. The van der Waals surface area contributed by atoms with Crippen molar-refractivity contribution in [1.82, 2.24) is 19.9 Å². The summed E-state index contributed by atoms with van der Waals surface area (Å²) < 4.78 is 6.20. The van der Waals surface area contributed by atoms with Crippen LogP contribution in [0.5, 0.6) is 5.75 Å². The van der Waals surface area contributed by atoms with E-state index >= 15 is 0 Å². The normalized spacial score (nSPS) is 19.4.